The van der Waals surface area contributed by atoms with E-state index in [2.05, 4.69) is 16.1 Å². The molecule has 9 heteroatoms. The van der Waals surface area contributed by atoms with E-state index in [1.807, 2.05) is 49.3 Å². The van der Waals surface area contributed by atoms with Crippen molar-refractivity contribution < 1.29 is 13.2 Å². The third-order valence-corrected chi connectivity index (χ3v) is 8.27. The van der Waals surface area contributed by atoms with E-state index in [-0.39, 0.29) is 51.4 Å². The number of fused-ring (bicyclic) bond motifs is 2. The van der Waals surface area contributed by atoms with Gasteiger partial charge in [-0.15, -0.1) is 0 Å². The molecule has 0 saturated heterocycles. The molecule has 0 bridgehead atoms. The van der Waals surface area contributed by atoms with E-state index in [1.54, 1.807) is 0 Å². The molecule has 2 aromatic rings. The van der Waals surface area contributed by atoms with Gasteiger partial charge in [0.2, 0.25) is 0 Å². The van der Waals surface area contributed by atoms with Crippen molar-refractivity contribution >= 4 is 73.3 Å². The summed E-state index contributed by atoms with van der Waals surface area (Å²) in [6.07, 6.45) is 7.52. The van der Waals surface area contributed by atoms with Gasteiger partial charge in [-0.3, -0.25) is 0 Å². The first-order chi connectivity index (χ1) is 16.3. The zero-order valence-corrected chi connectivity index (χ0v) is 25.2. The van der Waals surface area contributed by atoms with Crippen molar-refractivity contribution in [3.8, 4) is 0 Å². The van der Waals surface area contributed by atoms with Gasteiger partial charge in [-0.25, -0.2) is 9.52 Å². The van der Waals surface area contributed by atoms with Crippen molar-refractivity contribution in [1.82, 2.24) is 13.9 Å². The number of anilines is 1. The largest absolute Gasteiger partial charge is 0.333 e. The molecule has 0 aliphatic heterocycles. The van der Waals surface area contributed by atoms with Gasteiger partial charge in [0.25, 0.3) is 0 Å². The second-order valence-electron chi connectivity index (χ2n) is 9.59. The number of nitrogens with one attached hydrogen (secondary N) is 2. The average Bonchev–Trinajstić information content (AvgIpc) is 3.45. The van der Waals surface area contributed by atoms with Crippen LogP contribution in [0.5, 0.6) is 0 Å². The van der Waals surface area contributed by atoms with E-state index in [0.717, 1.165) is 50.6 Å². The number of benzene rings is 2. The average molecular weight is 524 g/mol. The number of nitrogens with zero attached hydrogens (tertiary/aromatic N) is 2. The Bertz CT molecular complexity index is 1090. The van der Waals surface area contributed by atoms with E-state index in [9.17, 15) is 13.2 Å². The molecule has 2 aliphatic carbocycles. The minimum atomic E-state index is -3.98. The van der Waals surface area contributed by atoms with E-state index < -0.39 is 16.2 Å². The third-order valence-electron chi connectivity index (χ3n) is 6.79. The van der Waals surface area contributed by atoms with Gasteiger partial charge in [-0.05, 0) is 93.3 Å². The number of urea groups is 1. The predicted octanol–water partition coefficient (Wildman–Crippen LogP) is 3.15. The fourth-order valence-corrected chi connectivity index (χ4v) is 6.16. The van der Waals surface area contributed by atoms with Gasteiger partial charge in [0.15, 0.2) is 0 Å². The normalized spacial score (nSPS) is 14.5. The van der Waals surface area contributed by atoms with Gasteiger partial charge >= 0.3 is 16.2 Å². The number of aryl methyl sites for hydroxylation is 3. The van der Waals surface area contributed by atoms with Crippen LogP contribution in [0.2, 0.25) is 0 Å². The van der Waals surface area contributed by atoms with Crippen LogP contribution in [-0.2, 0) is 42.3 Å². The number of hydrogen-bond acceptors (Lipinski definition) is 4. The Kier molecular flexibility index (Phi) is 10.8. The molecule has 0 saturated carbocycles. The summed E-state index contributed by atoms with van der Waals surface area (Å²) in [6, 6.07) is 11.6. The van der Waals surface area contributed by atoms with Crippen LogP contribution in [0.4, 0.5) is 10.5 Å². The van der Waals surface area contributed by atoms with E-state index in [0.29, 0.717) is 26.1 Å². The smallest absolute Gasteiger partial charge is 0.308 e. The molecule has 0 aromatic heterocycles. The topological polar surface area (TPSA) is 81.8 Å². The number of rotatable bonds is 10. The Morgan fingerprint density at radius 1 is 0.914 bits per heavy atom. The standard InChI is InChI=1S/C26H36N4O3S.K/c1-29(2)17-18-30(16-8-11-20-9-4-3-5-10-20)34(32,33)28-26(31)27-25-23-14-6-12-21(23)19-22-13-7-15-24(22)25;/h3-5,9-10,19H,6-8,11-18H2,1-2H3,(H2,27,28,31);. The second kappa shape index (κ2) is 13.1. The maximum Gasteiger partial charge on any atom is 0.333 e. The summed E-state index contributed by atoms with van der Waals surface area (Å²) in [5.41, 5.74) is 6.98. The summed E-state index contributed by atoms with van der Waals surface area (Å²) in [5.74, 6) is 0. The van der Waals surface area contributed by atoms with Crippen molar-refractivity contribution in [2.75, 3.05) is 39.0 Å². The molecule has 0 heterocycles. The number of hydrogen-bond donors (Lipinski definition) is 2. The Labute approximate surface area is 252 Å². The van der Waals surface area contributed by atoms with Crippen LogP contribution in [0, 0.1) is 0 Å². The molecule has 0 fully saturated rings. The third kappa shape index (κ3) is 7.61. The van der Waals surface area contributed by atoms with Gasteiger partial charge in [-0.1, -0.05) is 36.4 Å². The van der Waals surface area contributed by atoms with E-state index >= 15 is 0 Å². The quantitative estimate of drug-likeness (QED) is 0.469. The molecule has 0 unspecified atom stereocenters. The van der Waals surface area contributed by atoms with Crippen LogP contribution in [0.1, 0.15) is 47.1 Å². The first kappa shape index (κ1) is 28.8. The van der Waals surface area contributed by atoms with Crippen LogP contribution >= 0.6 is 0 Å². The summed E-state index contributed by atoms with van der Waals surface area (Å²) in [5, 5.41) is 2.93. The number of amides is 2. The Morgan fingerprint density at radius 2 is 1.54 bits per heavy atom. The minimum absolute atomic E-state index is 0. The molecule has 2 aromatic carbocycles. The van der Waals surface area contributed by atoms with Gasteiger partial charge in [-0.2, -0.15) is 12.7 Å². The molecule has 2 amide bonds. The van der Waals surface area contributed by atoms with E-state index in [4.69, 9.17) is 0 Å². The summed E-state index contributed by atoms with van der Waals surface area (Å²) >= 11 is 0. The molecule has 35 heavy (non-hydrogen) atoms. The molecule has 0 spiro atoms. The van der Waals surface area contributed by atoms with Gasteiger partial charge in [0.05, 0.1) is 0 Å². The fourth-order valence-electron chi connectivity index (χ4n) is 5.06. The van der Waals surface area contributed by atoms with Crippen LogP contribution < -0.4 is 10.0 Å². The second-order valence-corrected chi connectivity index (χ2v) is 11.3. The minimum Gasteiger partial charge on any atom is -0.308 e. The summed E-state index contributed by atoms with van der Waals surface area (Å²) in [6.45, 7) is 1.25. The first-order valence-electron chi connectivity index (χ1n) is 12.3. The molecule has 7 nitrogen and oxygen atoms in total. The first-order valence-corrected chi connectivity index (χ1v) is 13.7. The number of carbonyl (C=O) groups excluding carboxylic acids is 1. The zero-order chi connectivity index (χ0) is 24.1. The van der Waals surface area contributed by atoms with Crippen molar-refractivity contribution in [3.63, 3.8) is 0 Å². The number of likely N-dealkylation sites (N-methyl/N-ethyl adjacent to an activating group) is 1. The molecule has 2 N–H and O–H groups in total. The van der Waals surface area contributed by atoms with Crippen LogP contribution in [0.3, 0.4) is 0 Å². The van der Waals surface area contributed by atoms with Gasteiger partial charge in [0, 0.05) is 76.7 Å². The maximum atomic E-state index is 13.2. The molecular weight excluding hydrogens is 487 g/mol. The SMILES string of the molecule is CN(C)CCN(CCCc1ccccc1)S(=O)(=O)NC(=O)Nc1c2c(cc3c1CCC3)CCC2.[K]. The summed E-state index contributed by atoms with van der Waals surface area (Å²) < 4.78 is 30.1. The molecule has 2 aliphatic rings. The van der Waals surface area contributed by atoms with Crippen LogP contribution in [0.25, 0.3) is 0 Å². The van der Waals surface area contributed by atoms with Crippen LogP contribution in [-0.4, -0.2) is 109 Å². The van der Waals surface area contributed by atoms with Gasteiger partial charge < -0.3 is 10.2 Å². The van der Waals surface area contributed by atoms with Gasteiger partial charge in [0.1, 0.15) is 0 Å². The monoisotopic (exact) mass is 523 g/mol. The number of carbonyl (C=O) groups is 1. The molecule has 0 atom stereocenters. The van der Waals surface area contributed by atoms with Crippen LogP contribution in [0.15, 0.2) is 36.4 Å². The molecule has 4 rings (SSSR count). The Morgan fingerprint density at radius 3 is 2.14 bits per heavy atom. The Hall–Kier alpha value is -0.784. The van der Waals surface area contributed by atoms with Crippen molar-refractivity contribution in [2.24, 2.45) is 0 Å². The fraction of sp³-hybridized carbons (Fsp3) is 0.500. The predicted molar refractivity (Wildman–Crippen MR) is 142 cm³/mol. The summed E-state index contributed by atoms with van der Waals surface area (Å²) in [7, 11) is -0.159. The van der Waals surface area contributed by atoms with Crippen molar-refractivity contribution in [3.05, 3.63) is 64.2 Å². The van der Waals surface area contributed by atoms with Crippen molar-refractivity contribution in [2.45, 2.75) is 51.4 Å². The molecule has 1 radical (unpaired) electrons. The van der Waals surface area contributed by atoms with Crippen molar-refractivity contribution in [1.29, 1.82) is 0 Å². The maximum absolute atomic E-state index is 13.2. The Balaban J connectivity index is 0.00000342. The zero-order valence-electron chi connectivity index (χ0n) is 21.3. The molecule has 185 valence electrons. The summed E-state index contributed by atoms with van der Waals surface area (Å²) in [4.78, 5) is 14.9. The van der Waals surface area contributed by atoms with E-state index in [1.165, 1.54) is 32.1 Å². The molecular formula is C26H36KN4O3S.